The predicted octanol–water partition coefficient (Wildman–Crippen LogP) is 8.79. The molecule has 316 valence electrons. The number of carbonyl (C=O) groups excluding carboxylic acids is 4. The summed E-state index contributed by atoms with van der Waals surface area (Å²) in [5.41, 5.74) is 4.43. The van der Waals surface area contributed by atoms with Crippen LogP contribution in [0.25, 0.3) is 0 Å². The van der Waals surface area contributed by atoms with E-state index in [2.05, 4.69) is 72.6 Å². The van der Waals surface area contributed by atoms with E-state index in [9.17, 15) is 19.2 Å². The van der Waals surface area contributed by atoms with E-state index in [1.807, 2.05) is 46.4 Å². The first-order chi connectivity index (χ1) is 26.6. The minimum atomic E-state index is -0.458. The number of piperazine rings is 2. The Morgan fingerprint density at radius 1 is 0.684 bits per heavy atom. The Hall–Kier alpha value is -3.47. The predicted molar refractivity (Wildman–Crippen MR) is 228 cm³/mol. The molecule has 4 fully saturated rings. The average molecular weight is 810 g/mol. The summed E-state index contributed by atoms with van der Waals surface area (Å²) in [5, 5.41) is 3.28. The molecular weight excluding hydrogens is 740 g/mol. The van der Waals surface area contributed by atoms with Crippen molar-refractivity contribution in [1.29, 1.82) is 0 Å². The summed E-state index contributed by atoms with van der Waals surface area (Å²) < 4.78 is 10.8. The topological polar surface area (TPSA) is 108 Å². The molecule has 2 aliphatic carbocycles. The average Bonchev–Trinajstić information content (AvgIpc) is 4.06. The molecule has 2 atom stereocenters. The highest BCUT2D eigenvalue weighted by Gasteiger charge is 2.45. The number of nitrogens with one attached hydrogen (secondary N) is 1. The zero-order chi connectivity index (χ0) is 42.2. The van der Waals surface area contributed by atoms with E-state index in [1.54, 1.807) is 18.7 Å². The van der Waals surface area contributed by atoms with Gasteiger partial charge in [0.2, 0.25) is 0 Å². The summed E-state index contributed by atoms with van der Waals surface area (Å²) in [5.74, 6) is 1.12. The Kier molecular flexibility index (Phi) is 15.8. The highest BCUT2D eigenvalue weighted by molar-refractivity contribution is 6.17. The van der Waals surface area contributed by atoms with Crippen molar-refractivity contribution in [2.24, 2.45) is 0 Å². The third kappa shape index (κ3) is 14.7. The molecule has 2 aromatic carbocycles. The summed E-state index contributed by atoms with van der Waals surface area (Å²) in [6.07, 6.45) is 5.46. The smallest absolute Gasteiger partial charge is 0.410 e. The quantitative estimate of drug-likeness (QED) is 0.251. The zero-order valence-corrected chi connectivity index (χ0v) is 37.1. The van der Waals surface area contributed by atoms with Crippen LogP contribution in [0.2, 0.25) is 0 Å². The van der Waals surface area contributed by atoms with Gasteiger partial charge in [-0.25, -0.2) is 9.59 Å². The molecule has 2 heterocycles. The Labute approximate surface area is 347 Å². The largest absolute Gasteiger partial charge is 0.444 e. The lowest BCUT2D eigenvalue weighted by molar-refractivity contribution is -0.118. The van der Waals surface area contributed by atoms with Gasteiger partial charge in [-0.1, -0.05) is 48.5 Å². The molecule has 2 aliphatic heterocycles. The van der Waals surface area contributed by atoms with Gasteiger partial charge in [0.1, 0.15) is 22.8 Å². The monoisotopic (exact) mass is 808 g/mol. The lowest BCUT2D eigenvalue weighted by Crippen LogP contribution is -2.54. The SMILES string of the molecule is CC(=O)CC1(c2ccc(CCl)cc2)CC1.CC(=O)CC1(c2ccc(CN3CCN(C(=O)OC(C)(C)C)C[C@H]3C)cc2)CC1.C[C@@H]1CN(C(=O)OC(C)(C)C)CCN1. The molecule has 2 aromatic rings. The maximum atomic E-state index is 12.3. The molecule has 4 aliphatic rings. The zero-order valence-electron chi connectivity index (χ0n) is 36.3. The number of nitrogens with zero attached hydrogens (tertiary/aromatic N) is 3. The van der Waals surface area contributed by atoms with E-state index >= 15 is 0 Å². The van der Waals surface area contributed by atoms with Gasteiger partial charge in [0.25, 0.3) is 0 Å². The number of carbonyl (C=O) groups is 4. The first kappa shape index (κ1) is 46.2. The number of amides is 2. The van der Waals surface area contributed by atoms with Crippen molar-refractivity contribution >= 4 is 35.4 Å². The third-order valence-electron chi connectivity index (χ3n) is 11.0. The lowest BCUT2D eigenvalue weighted by atomic mass is 9.90. The van der Waals surface area contributed by atoms with Crippen molar-refractivity contribution in [3.05, 3.63) is 70.8 Å². The summed E-state index contributed by atoms with van der Waals surface area (Å²) in [6.45, 7) is 24.4. The maximum Gasteiger partial charge on any atom is 0.410 e. The number of rotatable bonds is 9. The summed E-state index contributed by atoms with van der Waals surface area (Å²) in [4.78, 5) is 52.6. The van der Waals surface area contributed by atoms with Crippen molar-refractivity contribution in [3.63, 3.8) is 0 Å². The highest BCUT2D eigenvalue weighted by Crippen LogP contribution is 2.52. The first-order valence-electron chi connectivity index (χ1n) is 20.8. The Balaban J connectivity index is 0.000000209. The molecule has 10 nitrogen and oxygen atoms in total. The summed E-state index contributed by atoms with van der Waals surface area (Å²) in [6, 6.07) is 17.8. The molecule has 0 spiro atoms. The van der Waals surface area contributed by atoms with Crippen LogP contribution in [-0.4, -0.2) is 101 Å². The molecule has 0 radical (unpaired) electrons. The van der Waals surface area contributed by atoms with Crippen LogP contribution >= 0.6 is 11.6 Å². The number of benzene rings is 2. The normalized spacial score (nSPS) is 21.2. The van der Waals surface area contributed by atoms with Crippen LogP contribution in [0.5, 0.6) is 0 Å². The van der Waals surface area contributed by atoms with Crippen molar-refractivity contribution < 1.29 is 28.7 Å². The highest BCUT2D eigenvalue weighted by atomic mass is 35.5. The molecule has 2 amide bonds. The van der Waals surface area contributed by atoms with Gasteiger partial charge < -0.3 is 24.6 Å². The van der Waals surface area contributed by atoms with E-state index in [0.717, 1.165) is 64.0 Å². The molecule has 1 N–H and O–H groups in total. The van der Waals surface area contributed by atoms with Crippen LogP contribution in [0.15, 0.2) is 48.5 Å². The molecule has 0 bridgehead atoms. The van der Waals surface area contributed by atoms with Crippen molar-refractivity contribution in [2.75, 3.05) is 39.3 Å². The number of ketones is 2. The Bertz CT molecular complexity index is 1660. The minimum Gasteiger partial charge on any atom is -0.444 e. The second kappa shape index (κ2) is 19.5. The number of alkyl halides is 1. The molecule has 0 aromatic heterocycles. The summed E-state index contributed by atoms with van der Waals surface area (Å²) in [7, 11) is 0. The Morgan fingerprint density at radius 2 is 1.12 bits per heavy atom. The number of hydrogen-bond donors (Lipinski definition) is 1. The standard InChI is InChI=1S/C23H34N2O3.C13H15ClO.C10H20N2O2/c1-17-15-25(21(27)28-22(3,4)5)13-12-24(17)16-19-6-8-20(9-7-19)23(10-11-23)14-18(2)26;1-10(15)8-13(6-7-13)12-4-2-11(9-14)3-5-12;1-8-7-12(6-5-11-8)9(13)14-10(2,3)4/h6-9,17H,10-16H2,1-5H3;2-5H,6-9H2,1H3;8,11H,5-7H2,1-4H3/t17-;;8-/m1.1/s1. The third-order valence-corrected chi connectivity index (χ3v) is 11.3. The molecular formula is C46H69ClN4O6. The van der Waals surface area contributed by atoms with Gasteiger partial charge in [0, 0.05) is 87.4 Å². The summed E-state index contributed by atoms with van der Waals surface area (Å²) >= 11 is 5.74. The number of hydrogen-bond acceptors (Lipinski definition) is 8. The van der Waals surface area contributed by atoms with Gasteiger partial charge >= 0.3 is 12.2 Å². The molecule has 2 saturated carbocycles. The lowest BCUT2D eigenvalue weighted by Gasteiger charge is -2.40. The van der Waals surface area contributed by atoms with Crippen molar-refractivity contribution in [3.8, 4) is 0 Å². The number of halogens is 1. The van der Waals surface area contributed by atoms with Gasteiger partial charge in [-0.2, -0.15) is 0 Å². The van der Waals surface area contributed by atoms with E-state index < -0.39 is 11.2 Å². The van der Waals surface area contributed by atoms with Crippen LogP contribution in [0.1, 0.15) is 130 Å². The van der Waals surface area contributed by atoms with Gasteiger partial charge in [0.05, 0.1) is 0 Å². The van der Waals surface area contributed by atoms with Crippen LogP contribution in [-0.2, 0) is 42.3 Å². The molecule has 2 saturated heterocycles. The van der Waals surface area contributed by atoms with E-state index in [1.165, 1.54) is 16.7 Å². The van der Waals surface area contributed by atoms with Crippen LogP contribution in [0.4, 0.5) is 9.59 Å². The molecule has 57 heavy (non-hydrogen) atoms. The van der Waals surface area contributed by atoms with E-state index in [-0.39, 0.29) is 40.6 Å². The fraction of sp³-hybridized carbons (Fsp3) is 0.652. The molecule has 0 unspecified atom stereocenters. The van der Waals surface area contributed by atoms with Gasteiger partial charge in [-0.15, -0.1) is 11.6 Å². The number of Topliss-reactive ketones (excluding diaryl/α,β-unsaturated/α-hetero) is 2. The fourth-order valence-electron chi connectivity index (χ4n) is 7.68. The van der Waals surface area contributed by atoms with Gasteiger partial charge in [0.15, 0.2) is 0 Å². The Morgan fingerprint density at radius 3 is 1.49 bits per heavy atom. The fourth-order valence-corrected chi connectivity index (χ4v) is 7.86. The molecule has 11 heteroatoms. The van der Waals surface area contributed by atoms with Crippen LogP contribution in [0, 0.1) is 0 Å². The maximum absolute atomic E-state index is 12.3. The van der Waals surface area contributed by atoms with Gasteiger partial charge in [-0.3, -0.25) is 14.5 Å². The second-order valence-corrected chi connectivity index (χ2v) is 19.1. The van der Waals surface area contributed by atoms with Crippen molar-refractivity contribution in [1.82, 2.24) is 20.0 Å². The van der Waals surface area contributed by atoms with Crippen molar-refractivity contribution in [2.45, 2.75) is 154 Å². The minimum absolute atomic E-state index is 0.108. The van der Waals surface area contributed by atoms with Crippen LogP contribution in [0.3, 0.4) is 0 Å². The van der Waals surface area contributed by atoms with E-state index in [0.29, 0.717) is 37.9 Å². The number of ether oxygens (including phenoxy) is 2. The second-order valence-electron chi connectivity index (χ2n) is 18.9. The van der Waals surface area contributed by atoms with E-state index in [4.69, 9.17) is 21.1 Å². The van der Waals surface area contributed by atoms with Gasteiger partial charge in [-0.05, 0) is 117 Å². The molecule has 6 rings (SSSR count). The van der Waals surface area contributed by atoms with Crippen LogP contribution < -0.4 is 5.32 Å². The first-order valence-corrected chi connectivity index (χ1v) is 21.3.